The molecule has 0 radical (unpaired) electrons. The lowest BCUT2D eigenvalue weighted by atomic mass is 10.1. The van der Waals surface area contributed by atoms with Crippen LogP contribution in [0.3, 0.4) is 0 Å². The molecule has 15 heavy (non-hydrogen) atoms. The van der Waals surface area contributed by atoms with Crippen molar-refractivity contribution in [2.45, 2.75) is 6.92 Å². The second-order valence-electron chi connectivity index (χ2n) is 4.35. The molecule has 1 aliphatic heterocycles. The lowest BCUT2D eigenvalue weighted by molar-refractivity contribution is 0.313. The minimum Gasteiger partial charge on any atom is -0.397 e. The topological polar surface area (TPSA) is 32.5 Å². The summed E-state index contributed by atoms with van der Waals surface area (Å²) in [6, 6.07) is 6.25. The molecule has 1 aromatic carbocycles. The monoisotopic (exact) mass is 205 g/mol. The summed E-state index contributed by atoms with van der Waals surface area (Å²) in [5, 5.41) is 0. The van der Waals surface area contributed by atoms with Crippen LogP contribution in [-0.2, 0) is 0 Å². The first-order valence-electron chi connectivity index (χ1n) is 5.46. The van der Waals surface area contributed by atoms with Crippen molar-refractivity contribution in [1.29, 1.82) is 0 Å². The fraction of sp³-hybridized carbons (Fsp3) is 0.500. The highest BCUT2D eigenvalue weighted by Gasteiger charge is 2.15. The van der Waals surface area contributed by atoms with E-state index in [4.69, 9.17) is 5.73 Å². The van der Waals surface area contributed by atoms with E-state index in [1.165, 1.54) is 11.3 Å². The number of piperazine rings is 1. The molecule has 2 rings (SSSR count). The van der Waals surface area contributed by atoms with Gasteiger partial charge in [-0.2, -0.15) is 0 Å². The number of hydrogen-bond donors (Lipinski definition) is 1. The van der Waals surface area contributed by atoms with Crippen molar-refractivity contribution in [3.05, 3.63) is 23.8 Å². The first-order valence-corrected chi connectivity index (χ1v) is 5.46. The number of nitrogens with zero attached hydrogens (tertiary/aromatic N) is 2. The van der Waals surface area contributed by atoms with Gasteiger partial charge in [0.15, 0.2) is 0 Å². The van der Waals surface area contributed by atoms with Crippen molar-refractivity contribution in [1.82, 2.24) is 4.90 Å². The molecule has 0 aromatic heterocycles. The molecule has 0 unspecified atom stereocenters. The van der Waals surface area contributed by atoms with Gasteiger partial charge in [0.05, 0.1) is 11.4 Å². The zero-order valence-corrected chi connectivity index (χ0v) is 9.53. The SMILES string of the molecule is Cc1ccc(N)c(N2CCN(C)CC2)c1. The number of nitrogens with two attached hydrogens (primary N) is 1. The highest BCUT2D eigenvalue weighted by Crippen LogP contribution is 2.25. The standard InChI is InChI=1S/C12H19N3/c1-10-3-4-11(13)12(9-10)15-7-5-14(2)6-8-15/h3-4,9H,5-8,13H2,1-2H3. The Morgan fingerprint density at radius 1 is 1.13 bits per heavy atom. The molecule has 1 fully saturated rings. The lowest BCUT2D eigenvalue weighted by Gasteiger charge is -2.34. The van der Waals surface area contributed by atoms with E-state index < -0.39 is 0 Å². The summed E-state index contributed by atoms with van der Waals surface area (Å²) in [4.78, 5) is 4.73. The Morgan fingerprint density at radius 3 is 2.47 bits per heavy atom. The fourth-order valence-electron chi connectivity index (χ4n) is 1.97. The molecule has 1 saturated heterocycles. The summed E-state index contributed by atoms with van der Waals surface area (Å²) in [5.74, 6) is 0. The van der Waals surface area contributed by atoms with Gasteiger partial charge in [0.1, 0.15) is 0 Å². The van der Waals surface area contributed by atoms with Gasteiger partial charge < -0.3 is 15.5 Å². The second-order valence-corrected chi connectivity index (χ2v) is 4.35. The molecule has 1 heterocycles. The Balaban J connectivity index is 2.18. The number of hydrogen-bond acceptors (Lipinski definition) is 3. The van der Waals surface area contributed by atoms with Gasteiger partial charge in [-0.1, -0.05) is 6.07 Å². The van der Waals surface area contributed by atoms with Crippen LogP contribution >= 0.6 is 0 Å². The minimum atomic E-state index is 0.894. The average molecular weight is 205 g/mol. The molecule has 82 valence electrons. The summed E-state index contributed by atoms with van der Waals surface area (Å²) < 4.78 is 0. The smallest absolute Gasteiger partial charge is 0.0603 e. The van der Waals surface area contributed by atoms with E-state index in [9.17, 15) is 0 Å². The predicted octanol–water partition coefficient (Wildman–Crippen LogP) is 1.33. The Labute approximate surface area is 91.5 Å². The molecule has 0 atom stereocenters. The molecular weight excluding hydrogens is 186 g/mol. The van der Waals surface area contributed by atoms with Gasteiger partial charge in [-0.05, 0) is 31.7 Å². The van der Waals surface area contributed by atoms with Gasteiger partial charge in [-0.25, -0.2) is 0 Å². The van der Waals surface area contributed by atoms with E-state index in [0.29, 0.717) is 0 Å². The van der Waals surface area contributed by atoms with Gasteiger partial charge in [0.25, 0.3) is 0 Å². The summed E-state index contributed by atoms with van der Waals surface area (Å²) >= 11 is 0. The first-order chi connectivity index (χ1) is 7.16. The van der Waals surface area contributed by atoms with Gasteiger partial charge in [0, 0.05) is 26.2 Å². The largest absolute Gasteiger partial charge is 0.397 e. The summed E-state index contributed by atoms with van der Waals surface area (Å²) in [7, 11) is 2.16. The summed E-state index contributed by atoms with van der Waals surface area (Å²) in [5.41, 5.74) is 9.37. The van der Waals surface area contributed by atoms with Crippen LogP contribution in [0, 0.1) is 6.92 Å². The number of rotatable bonds is 1. The quantitative estimate of drug-likeness (QED) is 0.702. The second kappa shape index (κ2) is 4.11. The van der Waals surface area contributed by atoms with E-state index in [2.05, 4.69) is 35.9 Å². The van der Waals surface area contributed by atoms with Crippen LogP contribution in [0.1, 0.15) is 5.56 Å². The molecular formula is C12H19N3. The van der Waals surface area contributed by atoms with E-state index >= 15 is 0 Å². The highest BCUT2D eigenvalue weighted by atomic mass is 15.2. The van der Waals surface area contributed by atoms with Crippen LogP contribution in [0.15, 0.2) is 18.2 Å². The maximum absolute atomic E-state index is 6.00. The minimum absolute atomic E-state index is 0.894. The van der Waals surface area contributed by atoms with Crippen molar-refractivity contribution in [3.8, 4) is 0 Å². The van der Waals surface area contributed by atoms with E-state index in [1.807, 2.05) is 6.07 Å². The Kier molecular flexibility index (Phi) is 2.82. The van der Waals surface area contributed by atoms with Crippen LogP contribution in [-0.4, -0.2) is 38.1 Å². The molecule has 1 aromatic rings. The number of anilines is 2. The van der Waals surface area contributed by atoms with Crippen LogP contribution in [0.4, 0.5) is 11.4 Å². The van der Waals surface area contributed by atoms with Crippen molar-refractivity contribution in [3.63, 3.8) is 0 Å². The zero-order chi connectivity index (χ0) is 10.8. The van der Waals surface area contributed by atoms with Crippen LogP contribution < -0.4 is 10.6 Å². The van der Waals surface area contributed by atoms with Crippen molar-refractivity contribution >= 4 is 11.4 Å². The zero-order valence-electron chi connectivity index (χ0n) is 9.53. The van der Waals surface area contributed by atoms with Crippen LogP contribution in [0.5, 0.6) is 0 Å². The lowest BCUT2D eigenvalue weighted by Crippen LogP contribution is -2.44. The van der Waals surface area contributed by atoms with Gasteiger partial charge >= 0.3 is 0 Å². The van der Waals surface area contributed by atoms with Gasteiger partial charge in [-0.15, -0.1) is 0 Å². The molecule has 3 nitrogen and oxygen atoms in total. The predicted molar refractivity (Wildman–Crippen MR) is 65.3 cm³/mol. The van der Waals surface area contributed by atoms with Crippen LogP contribution in [0.2, 0.25) is 0 Å². The van der Waals surface area contributed by atoms with Crippen molar-refractivity contribution in [2.75, 3.05) is 43.9 Å². The maximum Gasteiger partial charge on any atom is 0.0603 e. The van der Waals surface area contributed by atoms with Crippen molar-refractivity contribution in [2.24, 2.45) is 0 Å². The summed E-state index contributed by atoms with van der Waals surface area (Å²) in [6.07, 6.45) is 0. The van der Waals surface area contributed by atoms with E-state index in [-0.39, 0.29) is 0 Å². The average Bonchev–Trinajstić information content (AvgIpc) is 2.23. The fourth-order valence-corrected chi connectivity index (χ4v) is 1.97. The molecule has 0 aliphatic carbocycles. The highest BCUT2D eigenvalue weighted by molar-refractivity contribution is 5.68. The number of likely N-dealkylation sites (N-methyl/N-ethyl adjacent to an activating group) is 1. The maximum atomic E-state index is 6.00. The number of nitrogen functional groups attached to an aromatic ring is 1. The van der Waals surface area contributed by atoms with Gasteiger partial charge in [-0.3, -0.25) is 0 Å². The third kappa shape index (κ3) is 2.23. The van der Waals surface area contributed by atoms with Crippen LogP contribution in [0.25, 0.3) is 0 Å². The summed E-state index contributed by atoms with van der Waals surface area (Å²) in [6.45, 7) is 6.49. The third-order valence-electron chi connectivity index (χ3n) is 3.03. The Hall–Kier alpha value is -1.22. The third-order valence-corrected chi connectivity index (χ3v) is 3.03. The molecule has 0 amide bonds. The molecule has 0 spiro atoms. The first kappa shape index (κ1) is 10.3. The normalized spacial score (nSPS) is 18.1. The van der Waals surface area contributed by atoms with E-state index in [0.717, 1.165) is 31.9 Å². The molecule has 3 heteroatoms. The molecule has 2 N–H and O–H groups in total. The number of aryl methyl sites for hydroxylation is 1. The molecule has 1 aliphatic rings. The Morgan fingerprint density at radius 2 is 1.80 bits per heavy atom. The Bertz CT molecular complexity index is 341. The number of benzene rings is 1. The van der Waals surface area contributed by atoms with E-state index in [1.54, 1.807) is 0 Å². The molecule has 0 bridgehead atoms. The van der Waals surface area contributed by atoms with Crippen molar-refractivity contribution < 1.29 is 0 Å². The molecule has 0 saturated carbocycles. The van der Waals surface area contributed by atoms with Gasteiger partial charge in [0.2, 0.25) is 0 Å².